The Kier molecular flexibility index (Phi) is 4.15. The minimum absolute atomic E-state index is 0.792. The highest BCUT2D eigenvalue weighted by atomic mass is 15.3. The third-order valence-electron chi connectivity index (χ3n) is 4.19. The maximum Gasteiger partial charge on any atom is 0.147 e. The molecule has 1 aliphatic carbocycles. The molecule has 0 saturated heterocycles. The zero-order valence-corrected chi connectivity index (χ0v) is 11.9. The zero-order valence-electron chi connectivity index (χ0n) is 11.9. The first-order valence-corrected chi connectivity index (χ1v) is 7.17. The van der Waals surface area contributed by atoms with Gasteiger partial charge >= 0.3 is 0 Å². The highest BCUT2D eigenvalue weighted by molar-refractivity contribution is 5.64. The molecule has 0 bridgehead atoms. The molecule has 0 atom stereocenters. The Bertz CT molecular complexity index is 389. The highest BCUT2D eigenvalue weighted by Gasteiger charge is 2.19. The number of hydrogen-bond donors (Lipinski definition) is 2. The summed E-state index contributed by atoms with van der Waals surface area (Å²) in [6.07, 6.45) is 6.31. The molecule has 1 heterocycles. The largest absolute Gasteiger partial charge is 0.394 e. The van der Waals surface area contributed by atoms with E-state index < -0.39 is 0 Å². The lowest BCUT2D eigenvalue weighted by Crippen LogP contribution is -2.21. The van der Waals surface area contributed by atoms with Gasteiger partial charge in [-0.2, -0.15) is 5.10 Å². The quantitative estimate of drug-likeness (QED) is 0.864. The molecule has 3 N–H and O–H groups in total. The summed E-state index contributed by atoms with van der Waals surface area (Å²) in [5.74, 6) is 2.70. The van der Waals surface area contributed by atoms with Gasteiger partial charge in [-0.25, -0.2) is 0 Å². The Labute approximate surface area is 110 Å². The second kappa shape index (κ2) is 5.63. The minimum Gasteiger partial charge on any atom is -0.394 e. The molecule has 0 aliphatic heterocycles. The number of nitrogens with one attached hydrogen (secondary N) is 1. The monoisotopic (exact) mass is 250 g/mol. The smallest absolute Gasteiger partial charge is 0.147 e. The Balaban J connectivity index is 1.92. The summed E-state index contributed by atoms with van der Waals surface area (Å²) in [4.78, 5) is 0. The van der Waals surface area contributed by atoms with Crippen molar-refractivity contribution in [1.29, 1.82) is 0 Å². The number of aromatic nitrogens is 2. The van der Waals surface area contributed by atoms with E-state index >= 15 is 0 Å². The van der Waals surface area contributed by atoms with Crippen molar-refractivity contribution in [2.24, 2.45) is 18.9 Å². The molecule has 2 rings (SSSR count). The molecule has 0 spiro atoms. The first kappa shape index (κ1) is 13.2. The number of rotatable bonds is 4. The van der Waals surface area contributed by atoms with E-state index in [-0.39, 0.29) is 0 Å². The maximum absolute atomic E-state index is 6.11. The van der Waals surface area contributed by atoms with E-state index in [9.17, 15) is 0 Å². The standard InChI is InChI=1S/C14H26N4/c1-4-12-13(15)14(18(3)17-12)16-9-11-7-5-10(2)6-8-11/h10-11,16H,4-9,15H2,1-3H3. The summed E-state index contributed by atoms with van der Waals surface area (Å²) in [7, 11) is 1.96. The van der Waals surface area contributed by atoms with Crippen LogP contribution in [0.2, 0.25) is 0 Å². The van der Waals surface area contributed by atoms with E-state index in [1.165, 1.54) is 25.7 Å². The van der Waals surface area contributed by atoms with Gasteiger partial charge in [-0.15, -0.1) is 0 Å². The van der Waals surface area contributed by atoms with Crippen molar-refractivity contribution in [2.75, 3.05) is 17.6 Å². The molecule has 0 unspecified atom stereocenters. The second-order valence-electron chi connectivity index (χ2n) is 5.69. The number of nitrogen functional groups attached to an aromatic ring is 1. The summed E-state index contributed by atoms with van der Waals surface area (Å²) in [6, 6.07) is 0. The average Bonchev–Trinajstić information content (AvgIpc) is 2.64. The van der Waals surface area contributed by atoms with Crippen LogP contribution in [0.25, 0.3) is 0 Å². The fourth-order valence-corrected chi connectivity index (χ4v) is 2.84. The normalized spacial score (nSPS) is 24.2. The van der Waals surface area contributed by atoms with Crippen molar-refractivity contribution in [3.05, 3.63) is 5.69 Å². The molecule has 0 radical (unpaired) electrons. The first-order valence-electron chi connectivity index (χ1n) is 7.17. The lowest BCUT2D eigenvalue weighted by molar-refractivity contribution is 0.300. The highest BCUT2D eigenvalue weighted by Crippen LogP contribution is 2.29. The van der Waals surface area contributed by atoms with Gasteiger partial charge in [0.25, 0.3) is 0 Å². The van der Waals surface area contributed by atoms with Crippen LogP contribution >= 0.6 is 0 Å². The van der Waals surface area contributed by atoms with Crippen LogP contribution in [0.5, 0.6) is 0 Å². The second-order valence-corrected chi connectivity index (χ2v) is 5.69. The van der Waals surface area contributed by atoms with Gasteiger partial charge in [0, 0.05) is 13.6 Å². The van der Waals surface area contributed by atoms with Gasteiger partial charge in [0.1, 0.15) is 5.82 Å². The summed E-state index contributed by atoms with van der Waals surface area (Å²) in [5.41, 5.74) is 7.93. The van der Waals surface area contributed by atoms with Gasteiger partial charge in [-0.3, -0.25) is 4.68 Å². The van der Waals surface area contributed by atoms with Crippen LogP contribution in [0.4, 0.5) is 11.5 Å². The van der Waals surface area contributed by atoms with E-state index in [4.69, 9.17) is 5.73 Å². The third kappa shape index (κ3) is 2.79. The van der Waals surface area contributed by atoms with Gasteiger partial charge in [-0.05, 0) is 31.1 Å². The van der Waals surface area contributed by atoms with Crippen LogP contribution in [0.15, 0.2) is 0 Å². The average molecular weight is 250 g/mol. The fourth-order valence-electron chi connectivity index (χ4n) is 2.84. The topological polar surface area (TPSA) is 55.9 Å². The van der Waals surface area contributed by atoms with E-state index in [2.05, 4.69) is 24.3 Å². The molecule has 102 valence electrons. The van der Waals surface area contributed by atoms with Crippen LogP contribution < -0.4 is 11.1 Å². The molecule has 0 amide bonds. The molecule has 1 aromatic heterocycles. The summed E-state index contributed by atoms with van der Waals surface area (Å²) < 4.78 is 1.87. The molecule has 18 heavy (non-hydrogen) atoms. The van der Waals surface area contributed by atoms with Gasteiger partial charge in [0.15, 0.2) is 0 Å². The van der Waals surface area contributed by atoms with Crippen LogP contribution in [0, 0.1) is 11.8 Å². The summed E-state index contributed by atoms with van der Waals surface area (Å²) in [5, 5.41) is 7.93. The summed E-state index contributed by atoms with van der Waals surface area (Å²) >= 11 is 0. The predicted molar refractivity (Wildman–Crippen MR) is 76.6 cm³/mol. The lowest BCUT2D eigenvalue weighted by Gasteiger charge is -2.26. The van der Waals surface area contributed by atoms with Gasteiger partial charge < -0.3 is 11.1 Å². The van der Waals surface area contributed by atoms with Gasteiger partial charge in [0.2, 0.25) is 0 Å². The number of nitrogens with zero attached hydrogens (tertiary/aromatic N) is 2. The van der Waals surface area contributed by atoms with E-state index in [0.717, 1.165) is 42.0 Å². The fraction of sp³-hybridized carbons (Fsp3) is 0.786. The van der Waals surface area contributed by atoms with Crippen molar-refractivity contribution < 1.29 is 0 Å². The van der Waals surface area contributed by atoms with Crippen LogP contribution in [0.1, 0.15) is 45.2 Å². The van der Waals surface area contributed by atoms with Crippen molar-refractivity contribution >= 4 is 11.5 Å². The number of hydrogen-bond acceptors (Lipinski definition) is 3. The first-order chi connectivity index (χ1) is 8.61. The Morgan fingerprint density at radius 3 is 2.56 bits per heavy atom. The zero-order chi connectivity index (χ0) is 13.1. The predicted octanol–water partition coefficient (Wildman–Crippen LogP) is 2.80. The molecule has 4 heteroatoms. The lowest BCUT2D eigenvalue weighted by atomic mass is 9.83. The Morgan fingerprint density at radius 1 is 1.33 bits per heavy atom. The molecule has 1 aromatic rings. The Morgan fingerprint density at radius 2 is 2.00 bits per heavy atom. The van der Waals surface area contributed by atoms with Crippen molar-refractivity contribution in [3.63, 3.8) is 0 Å². The minimum atomic E-state index is 0.792. The van der Waals surface area contributed by atoms with Gasteiger partial charge in [-0.1, -0.05) is 26.7 Å². The van der Waals surface area contributed by atoms with Crippen molar-refractivity contribution in [2.45, 2.75) is 46.0 Å². The van der Waals surface area contributed by atoms with Crippen LogP contribution in [-0.4, -0.2) is 16.3 Å². The number of aryl methyl sites for hydroxylation is 2. The number of nitrogens with two attached hydrogens (primary N) is 1. The van der Waals surface area contributed by atoms with Crippen LogP contribution in [-0.2, 0) is 13.5 Å². The third-order valence-corrected chi connectivity index (χ3v) is 4.19. The summed E-state index contributed by atoms with van der Waals surface area (Å²) in [6.45, 7) is 5.47. The maximum atomic E-state index is 6.11. The molecule has 4 nitrogen and oxygen atoms in total. The van der Waals surface area contributed by atoms with E-state index in [0.29, 0.717) is 0 Å². The van der Waals surface area contributed by atoms with Crippen molar-refractivity contribution in [3.8, 4) is 0 Å². The van der Waals surface area contributed by atoms with Gasteiger partial charge in [0.05, 0.1) is 11.4 Å². The Hall–Kier alpha value is -1.19. The number of anilines is 2. The molecule has 0 aromatic carbocycles. The molecule has 1 aliphatic rings. The van der Waals surface area contributed by atoms with Crippen molar-refractivity contribution in [1.82, 2.24) is 9.78 Å². The molecule has 1 saturated carbocycles. The molecule has 1 fully saturated rings. The van der Waals surface area contributed by atoms with E-state index in [1.807, 2.05) is 11.7 Å². The van der Waals surface area contributed by atoms with E-state index in [1.54, 1.807) is 0 Å². The SMILES string of the molecule is CCc1nn(C)c(NCC2CCC(C)CC2)c1N. The van der Waals surface area contributed by atoms with Crippen LogP contribution in [0.3, 0.4) is 0 Å². The molecular formula is C14H26N4. The molecular weight excluding hydrogens is 224 g/mol.